The minimum Gasteiger partial charge on any atom is -0.467 e. The van der Waals surface area contributed by atoms with Gasteiger partial charge in [0.25, 0.3) is 0 Å². The highest BCUT2D eigenvalue weighted by atomic mass is 16.6. The molecule has 0 fully saturated rings. The van der Waals surface area contributed by atoms with Crippen LogP contribution in [0.3, 0.4) is 0 Å². The van der Waals surface area contributed by atoms with Gasteiger partial charge in [-0.15, -0.1) is 5.10 Å². The van der Waals surface area contributed by atoms with Crippen molar-refractivity contribution in [3.05, 3.63) is 11.4 Å². The van der Waals surface area contributed by atoms with Gasteiger partial charge in [-0.05, 0) is 26.2 Å². The average molecular weight is 267 g/mol. The summed E-state index contributed by atoms with van der Waals surface area (Å²) in [7, 11) is 1.36. The van der Waals surface area contributed by atoms with Gasteiger partial charge in [-0.25, -0.2) is 9.48 Å². The van der Waals surface area contributed by atoms with Crippen LogP contribution in [0.15, 0.2) is 0 Å². The van der Waals surface area contributed by atoms with Crippen molar-refractivity contribution in [2.75, 3.05) is 13.7 Å². The summed E-state index contributed by atoms with van der Waals surface area (Å²) in [6.07, 6.45) is 5.14. The minimum absolute atomic E-state index is 0.0282. The van der Waals surface area contributed by atoms with Gasteiger partial charge >= 0.3 is 5.97 Å². The van der Waals surface area contributed by atoms with Gasteiger partial charge < -0.3 is 9.47 Å². The molecule has 19 heavy (non-hydrogen) atoms. The SMILES string of the molecule is CCn1nnc2c1CCCCCC2OCC(=O)OC. The first-order valence-electron chi connectivity index (χ1n) is 6.87. The first-order valence-corrected chi connectivity index (χ1v) is 6.87. The van der Waals surface area contributed by atoms with Gasteiger partial charge in [0, 0.05) is 6.54 Å². The summed E-state index contributed by atoms with van der Waals surface area (Å²) in [6.45, 7) is 2.84. The number of hydrogen-bond donors (Lipinski definition) is 0. The molecule has 2 rings (SSSR count). The Labute approximate surface area is 113 Å². The third-order valence-corrected chi connectivity index (χ3v) is 3.48. The van der Waals surface area contributed by atoms with Gasteiger partial charge in [-0.3, -0.25) is 0 Å². The molecule has 0 radical (unpaired) electrons. The molecule has 0 aromatic carbocycles. The molecule has 0 N–H and O–H groups in total. The lowest BCUT2D eigenvalue weighted by molar-refractivity contribution is -0.148. The average Bonchev–Trinajstić information content (AvgIpc) is 2.80. The van der Waals surface area contributed by atoms with Gasteiger partial charge in [0.1, 0.15) is 18.4 Å². The number of hydrogen-bond acceptors (Lipinski definition) is 5. The standard InChI is InChI=1S/C13H21N3O3/c1-3-16-10-7-5-4-6-8-11(13(10)14-15-16)19-9-12(17)18-2/h11H,3-9H2,1-2H3. The fraction of sp³-hybridized carbons (Fsp3) is 0.769. The number of nitrogens with zero attached hydrogens (tertiary/aromatic N) is 3. The number of rotatable bonds is 4. The summed E-state index contributed by atoms with van der Waals surface area (Å²) in [6, 6.07) is 0. The molecule has 0 aliphatic heterocycles. The molecule has 6 heteroatoms. The van der Waals surface area contributed by atoms with Crippen molar-refractivity contribution in [2.45, 2.75) is 51.7 Å². The molecule has 1 aromatic rings. The summed E-state index contributed by atoms with van der Waals surface area (Å²) in [5.74, 6) is -0.355. The maximum absolute atomic E-state index is 11.2. The molecule has 0 amide bonds. The molecule has 1 unspecified atom stereocenters. The maximum atomic E-state index is 11.2. The van der Waals surface area contributed by atoms with Crippen LogP contribution in [0.4, 0.5) is 0 Å². The molecule has 6 nitrogen and oxygen atoms in total. The van der Waals surface area contributed by atoms with Crippen molar-refractivity contribution in [3.8, 4) is 0 Å². The molecule has 0 saturated heterocycles. The first kappa shape index (κ1) is 14.0. The zero-order valence-corrected chi connectivity index (χ0v) is 11.6. The van der Waals surface area contributed by atoms with Crippen LogP contribution in [0.5, 0.6) is 0 Å². The molecule has 1 aliphatic carbocycles. The second kappa shape index (κ2) is 6.65. The molecule has 0 spiro atoms. The van der Waals surface area contributed by atoms with E-state index in [1.807, 2.05) is 4.68 Å². The van der Waals surface area contributed by atoms with E-state index in [-0.39, 0.29) is 18.7 Å². The zero-order valence-electron chi connectivity index (χ0n) is 11.6. The number of aromatic nitrogens is 3. The van der Waals surface area contributed by atoms with E-state index < -0.39 is 0 Å². The van der Waals surface area contributed by atoms with E-state index >= 15 is 0 Å². The Kier molecular flexibility index (Phi) is 4.90. The van der Waals surface area contributed by atoms with E-state index in [0.29, 0.717) is 0 Å². The van der Waals surface area contributed by atoms with Crippen molar-refractivity contribution in [3.63, 3.8) is 0 Å². The number of fused-ring (bicyclic) bond motifs is 1. The smallest absolute Gasteiger partial charge is 0.331 e. The van der Waals surface area contributed by atoms with E-state index in [2.05, 4.69) is 22.0 Å². The van der Waals surface area contributed by atoms with Gasteiger partial charge in [0.2, 0.25) is 0 Å². The van der Waals surface area contributed by atoms with E-state index in [0.717, 1.165) is 43.6 Å². The largest absolute Gasteiger partial charge is 0.467 e. The van der Waals surface area contributed by atoms with Crippen molar-refractivity contribution in [2.24, 2.45) is 0 Å². The fourth-order valence-electron chi connectivity index (χ4n) is 2.43. The van der Waals surface area contributed by atoms with Crippen molar-refractivity contribution in [1.82, 2.24) is 15.0 Å². The number of esters is 1. The number of carbonyl (C=O) groups is 1. The Hall–Kier alpha value is -1.43. The van der Waals surface area contributed by atoms with Crippen LogP contribution >= 0.6 is 0 Å². The highest BCUT2D eigenvalue weighted by Crippen LogP contribution is 2.29. The van der Waals surface area contributed by atoms with Gasteiger partial charge in [0.15, 0.2) is 0 Å². The Balaban J connectivity index is 2.14. The van der Waals surface area contributed by atoms with E-state index in [1.54, 1.807) is 0 Å². The van der Waals surface area contributed by atoms with Crippen molar-refractivity contribution < 1.29 is 14.3 Å². The molecule has 0 saturated carbocycles. The molecule has 1 aromatic heterocycles. The fourth-order valence-corrected chi connectivity index (χ4v) is 2.43. The molecule has 106 valence electrons. The third-order valence-electron chi connectivity index (χ3n) is 3.48. The van der Waals surface area contributed by atoms with Gasteiger partial charge in [-0.1, -0.05) is 18.1 Å². The topological polar surface area (TPSA) is 66.2 Å². The zero-order chi connectivity index (χ0) is 13.7. The number of carbonyl (C=O) groups excluding carboxylic acids is 1. The second-order valence-corrected chi connectivity index (χ2v) is 4.71. The molecule has 1 atom stereocenters. The Bertz CT molecular complexity index is 431. The molecular weight excluding hydrogens is 246 g/mol. The highest BCUT2D eigenvalue weighted by Gasteiger charge is 2.24. The van der Waals surface area contributed by atoms with Crippen LogP contribution in [0.2, 0.25) is 0 Å². The van der Waals surface area contributed by atoms with E-state index in [9.17, 15) is 4.79 Å². The van der Waals surface area contributed by atoms with Gasteiger partial charge in [-0.2, -0.15) is 0 Å². The quantitative estimate of drug-likeness (QED) is 0.776. The lowest BCUT2D eigenvalue weighted by Gasteiger charge is -2.19. The number of ether oxygens (including phenoxy) is 2. The van der Waals surface area contributed by atoms with Crippen LogP contribution in [-0.2, 0) is 27.2 Å². The third kappa shape index (κ3) is 3.32. The summed E-state index contributed by atoms with van der Waals surface area (Å²) in [5.41, 5.74) is 2.04. The van der Waals surface area contributed by atoms with Crippen LogP contribution < -0.4 is 0 Å². The Morgan fingerprint density at radius 1 is 1.42 bits per heavy atom. The summed E-state index contributed by atoms with van der Waals surface area (Å²) in [5, 5.41) is 8.42. The minimum atomic E-state index is -0.355. The monoisotopic (exact) mass is 267 g/mol. The number of methoxy groups -OCH3 is 1. The van der Waals surface area contributed by atoms with Crippen molar-refractivity contribution in [1.29, 1.82) is 0 Å². The predicted molar refractivity (Wildman–Crippen MR) is 68.6 cm³/mol. The van der Waals surface area contributed by atoms with Gasteiger partial charge in [0.05, 0.1) is 12.8 Å². The first-order chi connectivity index (χ1) is 9.26. The Morgan fingerprint density at radius 2 is 2.26 bits per heavy atom. The lowest BCUT2D eigenvalue weighted by atomic mass is 9.99. The highest BCUT2D eigenvalue weighted by molar-refractivity contribution is 5.70. The van der Waals surface area contributed by atoms with Crippen LogP contribution in [0, 0.1) is 0 Å². The normalized spacial score (nSPS) is 19.4. The molecule has 0 bridgehead atoms. The molecule has 1 heterocycles. The molecular formula is C13H21N3O3. The predicted octanol–water partition coefficient (Wildman–Crippen LogP) is 1.65. The number of aryl methyl sites for hydroxylation is 1. The summed E-state index contributed by atoms with van der Waals surface area (Å²) >= 11 is 0. The summed E-state index contributed by atoms with van der Waals surface area (Å²) in [4.78, 5) is 11.2. The Morgan fingerprint density at radius 3 is 3.00 bits per heavy atom. The van der Waals surface area contributed by atoms with E-state index in [4.69, 9.17) is 4.74 Å². The molecule has 1 aliphatic rings. The van der Waals surface area contributed by atoms with Crippen LogP contribution in [0.1, 0.15) is 50.1 Å². The van der Waals surface area contributed by atoms with Crippen molar-refractivity contribution >= 4 is 5.97 Å². The van der Waals surface area contributed by atoms with Crippen LogP contribution in [0.25, 0.3) is 0 Å². The summed E-state index contributed by atoms with van der Waals surface area (Å²) < 4.78 is 12.2. The maximum Gasteiger partial charge on any atom is 0.331 e. The second-order valence-electron chi connectivity index (χ2n) is 4.71. The van der Waals surface area contributed by atoms with E-state index in [1.165, 1.54) is 13.5 Å². The lowest BCUT2D eigenvalue weighted by Crippen LogP contribution is -2.17. The van der Waals surface area contributed by atoms with Crippen LogP contribution in [-0.4, -0.2) is 34.7 Å².